The average molecular weight is 179 g/mol. The van der Waals surface area contributed by atoms with Crippen molar-refractivity contribution in [2.45, 2.75) is 39.0 Å². The molecular weight excluding hydrogens is 158 g/mol. The molecule has 0 spiro atoms. The maximum atomic E-state index is 5.94. The molecule has 1 nitrogen and oxygen atoms in total. The molecule has 0 aromatic heterocycles. The summed E-state index contributed by atoms with van der Waals surface area (Å²) in [5.41, 5.74) is 6.58. The van der Waals surface area contributed by atoms with Gasteiger partial charge in [0, 0.05) is 0 Å². The van der Waals surface area contributed by atoms with Gasteiger partial charge in [-0.1, -0.05) is 6.92 Å². The molecular formula is C12H21N. The first kappa shape index (κ1) is 8.28. The Labute approximate surface area is 81.1 Å². The zero-order valence-corrected chi connectivity index (χ0v) is 8.63. The quantitative estimate of drug-likeness (QED) is 0.657. The van der Waals surface area contributed by atoms with Crippen molar-refractivity contribution in [2.75, 3.05) is 6.54 Å². The summed E-state index contributed by atoms with van der Waals surface area (Å²) in [4.78, 5) is 0. The van der Waals surface area contributed by atoms with Gasteiger partial charge in [0.05, 0.1) is 0 Å². The molecule has 4 aliphatic carbocycles. The highest BCUT2D eigenvalue weighted by molar-refractivity contribution is 5.04. The largest absolute Gasteiger partial charge is 0.330 e. The molecule has 74 valence electrons. The molecule has 4 bridgehead atoms. The highest BCUT2D eigenvalue weighted by Gasteiger charge is 2.53. The Kier molecular flexibility index (Phi) is 1.59. The van der Waals surface area contributed by atoms with Crippen LogP contribution in [0.3, 0.4) is 0 Å². The third kappa shape index (κ3) is 1.03. The van der Waals surface area contributed by atoms with Crippen molar-refractivity contribution < 1.29 is 0 Å². The third-order valence-corrected chi connectivity index (χ3v) is 5.17. The molecule has 0 aromatic carbocycles. The molecule has 0 aliphatic heterocycles. The van der Waals surface area contributed by atoms with E-state index in [2.05, 4.69) is 6.92 Å². The van der Waals surface area contributed by atoms with Gasteiger partial charge in [-0.05, 0) is 67.7 Å². The zero-order chi connectivity index (χ0) is 9.05. The van der Waals surface area contributed by atoms with E-state index >= 15 is 0 Å². The summed E-state index contributed by atoms with van der Waals surface area (Å²) in [6.45, 7) is 3.45. The lowest BCUT2D eigenvalue weighted by molar-refractivity contribution is -0.0942. The smallest absolute Gasteiger partial charge is 0.00410 e. The first-order valence-corrected chi connectivity index (χ1v) is 5.91. The van der Waals surface area contributed by atoms with E-state index < -0.39 is 0 Å². The van der Waals surface area contributed by atoms with Crippen LogP contribution in [0.4, 0.5) is 0 Å². The summed E-state index contributed by atoms with van der Waals surface area (Å²) in [6.07, 6.45) is 7.54. The van der Waals surface area contributed by atoms with Crippen LogP contribution < -0.4 is 5.73 Å². The van der Waals surface area contributed by atoms with Gasteiger partial charge < -0.3 is 5.73 Å². The predicted octanol–water partition coefficient (Wildman–Crippen LogP) is 2.41. The summed E-state index contributed by atoms with van der Waals surface area (Å²) < 4.78 is 0. The Morgan fingerprint density at radius 3 is 2.23 bits per heavy atom. The van der Waals surface area contributed by atoms with E-state index in [1.54, 1.807) is 6.42 Å². The maximum absolute atomic E-state index is 5.94. The molecule has 0 saturated heterocycles. The Bertz CT molecular complexity index is 209. The minimum absolute atomic E-state index is 0.642. The van der Waals surface area contributed by atoms with Crippen molar-refractivity contribution in [1.29, 1.82) is 0 Å². The third-order valence-electron chi connectivity index (χ3n) is 5.17. The van der Waals surface area contributed by atoms with Gasteiger partial charge >= 0.3 is 0 Å². The lowest BCUT2D eigenvalue weighted by Gasteiger charge is -2.60. The Hall–Kier alpha value is -0.0400. The molecule has 4 aliphatic rings. The van der Waals surface area contributed by atoms with Gasteiger partial charge in [0.2, 0.25) is 0 Å². The van der Waals surface area contributed by atoms with Gasteiger partial charge in [-0.3, -0.25) is 0 Å². The summed E-state index contributed by atoms with van der Waals surface area (Å²) >= 11 is 0. The van der Waals surface area contributed by atoms with Gasteiger partial charge in [-0.15, -0.1) is 0 Å². The SMILES string of the molecule is CC12CC3CC(CC(C3)C1CN)C2. The summed E-state index contributed by atoms with van der Waals surface area (Å²) in [6, 6.07) is 0. The van der Waals surface area contributed by atoms with Crippen LogP contribution in [0.15, 0.2) is 0 Å². The second-order valence-electron chi connectivity index (χ2n) is 6.10. The Morgan fingerprint density at radius 1 is 1.15 bits per heavy atom. The van der Waals surface area contributed by atoms with Crippen molar-refractivity contribution in [3.63, 3.8) is 0 Å². The van der Waals surface area contributed by atoms with Gasteiger partial charge in [0.15, 0.2) is 0 Å². The standard InChI is InChI=1S/C12H21N/c1-12-5-8-2-9(6-12)4-10(3-8)11(12)7-13/h8-11H,2-7,13H2,1H3. The summed E-state index contributed by atoms with van der Waals surface area (Å²) in [5.74, 6) is 4.01. The van der Waals surface area contributed by atoms with E-state index in [4.69, 9.17) is 5.73 Å². The first-order valence-electron chi connectivity index (χ1n) is 5.91. The van der Waals surface area contributed by atoms with Crippen LogP contribution in [0.1, 0.15) is 39.0 Å². The molecule has 3 unspecified atom stereocenters. The summed E-state index contributed by atoms with van der Waals surface area (Å²) in [5, 5.41) is 0. The summed E-state index contributed by atoms with van der Waals surface area (Å²) in [7, 11) is 0. The van der Waals surface area contributed by atoms with Crippen molar-refractivity contribution in [1.82, 2.24) is 0 Å². The monoisotopic (exact) mass is 179 g/mol. The van der Waals surface area contributed by atoms with Crippen LogP contribution in [-0.2, 0) is 0 Å². The normalized spacial score (nSPS) is 58.6. The van der Waals surface area contributed by atoms with E-state index in [0.717, 1.165) is 30.2 Å². The van der Waals surface area contributed by atoms with Crippen LogP contribution in [-0.4, -0.2) is 6.54 Å². The molecule has 0 heterocycles. The number of hydrogen-bond acceptors (Lipinski definition) is 1. The van der Waals surface area contributed by atoms with Crippen molar-refractivity contribution >= 4 is 0 Å². The van der Waals surface area contributed by atoms with Crippen molar-refractivity contribution in [3.05, 3.63) is 0 Å². The number of nitrogens with two attached hydrogens (primary N) is 1. The van der Waals surface area contributed by atoms with Crippen LogP contribution in [0, 0.1) is 29.1 Å². The molecule has 13 heavy (non-hydrogen) atoms. The molecule has 4 saturated carbocycles. The van der Waals surface area contributed by atoms with Crippen molar-refractivity contribution in [2.24, 2.45) is 34.8 Å². The second kappa shape index (κ2) is 2.50. The molecule has 0 amide bonds. The topological polar surface area (TPSA) is 26.0 Å². The number of hydrogen-bond donors (Lipinski definition) is 1. The molecule has 0 radical (unpaired) electrons. The second-order valence-corrected chi connectivity index (χ2v) is 6.10. The van der Waals surface area contributed by atoms with Crippen LogP contribution in [0.2, 0.25) is 0 Å². The van der Waals surface area contributed by atoms with Gasteiger partial charge in [-0.2, -0.15) is 0 Å². The fourth-order valence-corrected chi connectivity index (χ4v) is 5.03. The fraction of sp³-hybridized carbons (Fsp3) is 1.00. The van der Waals surface area contributed by atoms with Gasteiger partial charge in [0.1, 0.15) is 0 Å². The lowest BCUT2D eigenvalue weighted by atomic mass is 9.46. The fourth-order valence-electron chi connectivity index (χ4n) is 5.03. The molecule has 4 fully saturated rings. The van der Waals surface area contributed by atoms with Crippen LogP contribution >= 0.6 is 0 Å². The molecule has 2 N–H and O–H groups in total. The van der Waals surface area contributed by atoms with Crippen molar-refractivity contribution in [3.8, 4) is 0 Å². The van der Waals surface area contributed by atoms with Gasteiger partial charge in [0.25, 0.3) is 0 Å². The lowest BCUT2D eigenvalue weighted by Crippen LogP contribution is -2.53. The highest BCUT2D eigenvalue weighted by Crippen LogP contribution is 2.62. The first-order chi connectivity index (χ1) is 6.21. The minimum Gasteiger partial charge on any atom is -0.330 e. The van der Waals surface area contributed by atoms with E-state index in [9.17, 15) is 0 Å². The highest BCUT2D eigenvalue weighted by atomic mass is 14.7. The number of rotatable bonds is 1. The Balaban J connectivity index is 1.93. The van der Waals surface area contributed by atoms with Crippen LogP contribution in [0.5, 0.6) is 0 Å². The molecule has 4 rings (SSSR count). The molecule has 0 aromatic rings. The van der Waals surface area contributed by atoms with Crippen LogP contribution in [0.25, 0.3) is 0 Å². The van der Waals surface area contributed by atoms with E-state index in [1.165, 1.54) is 25.7 Å². The predicted molar refractivity (Wildman–Crippen MR) is 54.2 cm³/mol. The van der Waals surface area contributed by atoms with E-state index in [1.807, 2.05) is 0 Å². The minimum atomic E-state index is 0.642. The molecule has 1 heteroatoms. The van der Waals surface area contributed by atoms with E-state index in [-0.39, 0.29) is 0 Å². The Morgan fingerprint density at radius 2 is 1.77 bits per heavy atom. The molecule has 3 atom stereocenters. The van der Waals surface area contributed by atoms with Gasteiger partial charge in [-0.25, -0.2) is 0 Å². The average Bonchev–Trinajstić information content (AvgIpc) is 2.00. The van der Waals surface area contributed by atoms with E-state index in [0.29, 0.717) is 5.41 Å². The maximum Gasteiger partial charge on any atom is -0.00410 e. The zero-order valence-electron chi connectivity index (χ0n) is 8.63.